The zero-order chi connectivity index (χ0) is 8.32. The van der Waals surface area contributed by atoms with Crippen LogP contribution in [-0.2, 0) is 0 Å². The smallest absolute Gasteiger partial charge is 0.0757 e. The highest BCUT2D eigenvalue weighted by molar-refractivity contribution is 7.99. The van der Waals surface area contributed by atoms with Gasteiger partial charge >= 0.3 is 0 Å². The quantitative estimate of drug-likeness (QED) is 0.686. The molecule has 3 heteroatoms. The molecule has 1 heterocycles. The first-order valence-corrected chi connectivity index (χ1v) is 5.23. The normalized spacial score (nSPS) is 31.6. The van der Waals surface area contributed by atoms with Gasteiger partial charge in [-0.3, -0.25) is 0 Å². The highest BCUT2D eigenvalue weighted by Gasteiger charge is 2.30. The summed E-state index contributed by atoms with van der Waals surface area (Å²) in [5.41, 5.74) is -0.352. The Morgan fingerprint density at radius 3 is 2.73 bits per heavy atom. The van der Waals surface area contributed by atoms with E-state index >= 15 is 0 Å². The molecule has 1 saturated heterocycles. The fourth-order valence-corrected chi connectivity index (χ4v) is 2.56. The Labute approximate surface area is 73.0 Å². The maximum Gasteiger partial charge on any atom is 0.0757 e. The molecule has 1 aliphatic rings. The van der Waals surface area contributed by atoms with Gasteiger partial charge in [0.25, 0.3) is 0 Å². The van der Waals surface area contributed by atoms with Gasteiger partial charge in [0.2, 0.25) is 0 Å². The molecule has 0 saturated carbocycles. The molecule has 0 amide bonds. The van der Waals surface area contributed by atoms with Gasteiger partial charge in [0.05, 0.1) is 5.60 Å². The second-order valence-electron chi connectivity index (χ2n) is 3.58. The SMILES string of the molecule is CN(C)CCC1(O)CCSC1. The van der Waals surface area contributed by atoms with E-state index in [-0.39, 0.29) is 5.60 Å². The molecular formula is C8H17NOS. The van der Waals surface area contributed by atoms with Crippen LogP contribution in [0.15, 0.2) is 0 Å². The zero-order valence-electron chi connectivity index (χ0n) is 7.34. The highest BCUT2D eigenvalue weighted by atomic mass is 32.2. The average molecular weight is 175 g/mol. The van der Waals surface area contributed by atoms with Gasteiger partial charge in [-0.05, 0) is 32.7 Å². The van der Waals surface area contributed by atoms with Gasteiger partial charge in [-0.1, -0.05) is 0 Å². The van der Waals surface area contributed by atoms with Gasteiger partial charge in [-0.15, -0.1) is 0 Å². The van der Waals surface area contributed by atoms with Crippen LogP contribution in [0, 0.1) is 0 Å². The van der Waals surface area contributed by atoms with E-state index in [1.165, 1.54) is 0 Å². The minimum atomic E-state index is -0.352. The van der Waals surface area contributed by atoms with E-state index in [1.54, 1.807) is 0 Å². The number of nitrogens with zero attached hydrogens (tertiary/aromatic N) is 1. The van der Waals surface area contributed by atoms with Crippen molar-refractivity contribution in [2.75, 3.05) is 32.1 Å². The third-order valence-corrected chi connectivity index (χ3v) is 3.34. The van der Waals surface area contributed by atoms with Gasteiger partial charge in [-0.2, -0.15) is 11.8 Å². The van der Waals surface area contributed by atoms with Crippen LogP contribution in [0.25, 0.3) is 0 Å². The summed E-state index contributed by atoms with van der Waals surface area (Å²) in [7, 11) is 4.09. The first kappa shape index (κ1) is 9.36. The van der Waals surface area contributed by atoms with E-state index < -0.39 is 0 Å². The van der Waals surface area contributed by atoms with E-state index in [1.807, 2.05) is 25.9 Å². The Morgan fingerprint density at radius 2 is 2.27 bits per heavy atom. The largest absolute Gasteiger partial charge is 0.389 e. The molecule has 66 valence electrons. The van der Waals surface area contributed by atoms with Crippen molar-refractivity contribution >= 4 is 11.8 Å². The molecule has 2 nitrogen and oxygen atoms in total. The number of hydrogen-bond acceptors (Lipinski definition) is 3. The van der Waals surface area contributed by atoms with Gasteiger partial charge in [-0.25, -0.2) is 0 Å². The van der Waals surface area contributed by atoms with Crippen LogP contribution in [-0.4, -0.2) is 47.8 Å². The molecule has 0 spiro atoms. The summed E-state index contributed by atoms with van der Waals surface area (Å²) in [4.78, 5) is 2.13. The van der Waals surface area contributed by atoms with E-state index in [9.17, 15) is 5.11 Å². The first-order valence-electron chi connectivity index (χ1n) is 4.07. The van der Waals surface area contributed by atoms with Crippen molar-refractivity contribution in [1.82, 2.24) is 4.90 Å². The number of rotatable bonds is 3. The molecule has 0 aromatic heterocycles. The number of thioether (sulfide) groups is 1. The maximum atomic E-state index is 9.89. The molecule has 0 aromatic carbocycles. The topological polar surface area (TPSA) is 23.5 Å². The van der Waals surface area contributed by atoms with Crippen LogP contribution in [0.1, 0.15) is 12.8 Å². The molecule has 1 fully saturated rings. The first-order chi connectivity index (χ1) is 5.12. The predicted octanol–water partition coefficient (Wildman–Crippen LogP) is 0.806. The molecular weight excluding hydrogens is 158 g/mol. The van der Waals surface area contributed by atoms with Crippen molar-refractivity contribution in [2.45, 2.75) is 18.4 Å². The molecule has 1 aliphatic heterocycles. The molecule has 1 unspecified atom stereocenters. The Balaban J connectivity index is 2.23. The van der Waals surface area contributed by atoms with Gasteiger partial charge in [0, 0.05) is 12.3 Å². The van der Waals surface area contributed by atoms with Crippen molar-refractivity contribution in [3.8, 4) is 0 Å². The molecule has 0 radical (unpaired) electrons. The van der Waals surface area contributed by atoms with Crippen molar-refractivity contribution in [1.29, 1.82) is 0 Å². The van der Waals surface area contributed by atoms with Gasteiger partial charge in [0.15, 0.2) is 0 Å². The second kappa shape index (κ2) is 3.78. The Morgan fingerprint density at radius 1 is 1.55 bits per heavy atom. The average Bonchev–Trinajstić information content (AvgIpc) is 2.33. The van der Waals surface area contributed by atoms with E-state index in [0.717, 1.165) is 30.9 Å². The Hall–Kier alpha value is 0.270. The third kappa shape index (κ3) is 3.01. The predicted molar refractivity (Wildman–Crippen MR) is 50.1 cm³/mol. The molecule has 0 aromatic rings. The van der Waals surface area contributed by atoms with E-state index in [0.29, 0.717) is 0 Å². The molecule has 1 rings (SSSR count). The lowest BCUT2D eigenvalue weighted by atomic mass is 9.99. The summed E-state index contributed by atoms with van der Waals surface area (Å²) >= 11 is 1.86. The summed E-state index contributed by atoms with van der Waals surface area (Å²) in [6, 6.07) is 0. The zero-order valence-corrected chi connectivity index (χ0v) is 8.15. The van der Waals surface area contributed by atoms with Crippen LogP contribution >= 0.6 is 11.8 Å². The van der Waals surface area contributed by atoms with E-state index in [2.05, 4.69) is 4.90 Å². The van der Waals surface area contributed by atoms with Crippen LogP contribution in [0.3, 0.4) is 0 Å². The number of hydrogen-bond donors (Lipinski definition) is 1. The molecule has 1 atom stereocenters. The van der Waals surface area contributed by atoms with Gasteiger partial charge < -0.3 is 10.0 Å². The Kier molecular flexibility index (Phi) is 3.22. The monoisotopic (exact) mass is 175 g/mol. The third-order valence-electron chi connectivity index (χ3n) is 2.11. The molecule has 1 N–H and O–H groups in total. The van der Waals surface area contributed by atoms with Crippen molar-refractivity contribution in [3.05, 3.63) is 0 Å². The van der Waals surface area contributed by atoms with Gasteiger partial charge in [0.1, 0.15) is 0 Å². The van der Waals surface area contributed by atoms with Crippen molar-refractivity contribution < 1.29 is 5.11 Å². The second-order valence-corrected chi connectivity index (χ2v) is 4.69. The lowest BCUT2D eigenvalue weighted by molar-refractivity contribution is 0.0516. The van der Waals surface area contributed by atoms with Crippen LogP contribution in [0.2, 0.25) is 0 Å². The fourth-order valence-electron chi connectivity index (χ4n) is 1.23. The highest BCUT2D eigenvalue weighted by Crippen LogP contribution is 2.30. The minimum absolute atomic E-state index is 0.352. The lowest BCUT2D eigenvalue weighted by Gasteiger charge is -2.22. The van der Waals surface area contributed by atoms with E-state index in [4.69, 9.17) is 0 Å². The van der Waals surface area contributed by atoms with Crippen LogP contribution in [0.4, 0.5) is 0 Å². The summed E-state index contributed by atoms with van der Waals surface area (Å²) in [6.45, 7) is 0.997. The molecule has 0 aliphatic carbocycles. The summed E-state index contributed by atoms with van der Waals surface area (Å²) < 4.78 is 0. The summed E-state index contributed by atoms with van der Waals surface area (Å²) in [6.07, 6.45) is 1.90. The van der Waals surface area contributed by atoms with Crippen molar-refractivity contribution in [2.24, 2.45) is 0 Å². The van der Waals surface area contributed by atoms with Crippen LogP contribution < -0.4 is 0 Å². The minimum Gasteiger partial charge on any atom is -0.389 e. The van der Waals surface area contributed by atoms with Crippen LogP contribution in [0.5, 0.6) is 0 Å². The fraction of sp³-hybridized carbons (Fsp3) is 1.00. The maximum absolute atomic E-state index is 9.89. The summed E-state index contributed by atoms with van der Waals surface area (Å²) in [5, 5.41) is 9.89. The Bertz CT molecular complexity index is 121. The molecule has 11 heavy (non-hydrogen) atoms. The number of aliphatic hydroxyl groups is 1. The lowest BCUT2D eigenvalue weighted by Crippen LogP contribution is -2.32. The van der Waals surface area contributed by atoms with Crippen molar-refractivity contribution in [3.63, 3.8) is 0 Å². The standard InChI is InChI=1S/C8H17NOS/c1-9(2)5-3-8(10)4-6-11-7-8/h10H,3-7H2,1-2H3. The molecule has 0 bridgehead atoms. The summed E-state index contributed by atoms with van der Waals surface area (Å²) in [5.74, 6) is 2.06.